The Kier molecular flexibility index (Phi) is 3.76. The van der Waals surface area contributed by atoms with Gasteiger partial charge in [-0.2, -0.15) is 0 Å². The van der Waals surface area contributed by atoms with E-state index in [4.69, 9.17) is 5.73 Å². The molecule has 1 unspecified atom stereocenters. The molecular weight excluding hydrogens is 198 g/mol. The fraction of sp³-hybridized carbons (Fsp3) is 0.571. The second-order valence-corrected chi connectivity index (χ2v) is 5.39. The summed E-state index contributed by atoms with van der Waals surface area (Å²) in [5.74, 6) is 0. The maximum Gasteiger partial charge on any atom is 0.0855 e. The summed E-state index contributed by atoms with van der Waals surface area (Å²) in [7, 11) is 0. The van der Waals surface area contributed by atoms with E-state index >= 15 is 0 Å². The van der Waals surface area contributed by atoms with Crippen molar-refractivity contribution in [1.82, 2.24) is 0 Å². The van der Waals surface area contributed by atoms with Crippen LogP contribution in [0.5, 0.6) is 0 Å². The molecule has 0 aliphatic carbocycles. The highest BCUT2D eigenvalue weighted by Crippen LogP contribution is 2.34. The van der Waals surface area contributed by atoms with Crippen molar-refractivity contribution in [2.24, 2.45) is 11.1 Å². The smallest absolute Gasteiger partial charge is 0.0855 e. The minimum Gasteiger partial charge on any atom is -0.388 e. The monoisotopic (exact) mass is 221 g/mol. The summed E-state index contributed by atoms with van der Waals surface area (Å²) < 4.78 is 0. The molecule has 2 heteroatoms. The van der Waals surface area contributed by atoms with Gasteiger partial charge in [0.2, 0.25) is 0 Å². The van der Waals surface area contributed by atoms with Gasteiger partial charge in [-0.15, -0.1) is 0 Å². The fourth-order valence-corrected chi connectivity index (χ4v) is 1.81. The van der Waals surface area contributed by atoms with Crippen molar-refractivity contribution in [3.8, 4) is 0 Å². The molecule has 0 amide bonds. The van der Waals surface area contributed by atoms with Gasteiger partial charge in [0.15, 0.2) is 0 Å². The number of aliphatic hydroxyl groups is 1. The second kappa shape index (κ2) is 4.56. The number of hydrogen-bond acceptors (Lipinski definition) is 2. The van der Waals surface area contributed by atoms with Crippen molar-refractivity contribution in [3.05, 3.63) is 34.4 Å². The van der Waals surface area contributed by atoms with Crippen LogP contribution in [0.2, 0.25) is 0 Å². The highest BCUT2D eigenvalue weighted by atomic mass is 16.3. The van der Waals surface area contributed by atoms with Crippen molar-refractivity contribution in [1.29, 1.82) is 0 Å². The van der Waals surface area contributed by atoms with Gasteiger partial charge < -0.3 is 10.8 Å². The normalized spacial score (nSPS) is 13.9. The molecule has 0 radical (unpaired) electrons. The van der Waals surface area contributed by atoms with Crippen LogP contribution in [0.25, 0.3) is 0 Å². The molecule has 16 heavy (non-hydrogen) atoms. The van der Waals surface area contributed by atoms with Gasteiger partial charge in [-0.25, -0.2) is 0 Å². The van der Waals surface area contributed by atoms with Crippen LogP contribution in [-0.2, 0) is 0 Å². The number of aryl methyl sites for hydroxylation is 3. The first-order chi connectivity index (χ1) is 7.29. The molecule has 0 saturated heterocycles. The number of benzene rings is 1. The minimum atomic E-state index is -0.503. The Labute approximate surface area is 98.5 Å². The van der Waals surface area contributed by atoms with Gasteiger partial charge in [-0.05, 0) is 43.0 Å². The molecule has 0 aliphatic rings. The van der Waals surface area contributed by atoms with Gasteiger partial charge in [0, 0.05) is 12.0 Å². The summed E-state index contributed by atoms with van der Waals surface area (Å²) in [6, 6.07) is 4.20. The lowest BCUT2D eigenvalue weighted by atomic mass is 9.80. The van der Waals surface area contributed by atoms with Gasteiger partial charge in [0.05, 0.1) is 6.10 Å². The van der Waals surface area contributed by atoms with Crippen LogP contribution in [-0.4, -0.2) is 11.7 Å². The van der Waals surface area contributed by atoms with Crippen LogP contribution in [0.4, 0.5) is 0 Å². The third-order valence-electron chi connectivity index (χ3n) is 3.44. The van der Waals surface area contributed by atoms with Crippen LogP contribution in [0.15, 0.2) is 12.1 Å². The second-order valence-electron chi connectivity index (χ2n) is 5.39. The molecule has 0 heterocycles. The third-order valence-corrected chi connectivity index (χ3v) is 3.44. The summed E-state index contributed by atoms with van der Waals surface area (Å²) >= 11 is 0. The summed E-state index contributed by atoms with van der Waals surface area (Å²) in [6.45, 7) is 10.7. The van der Waals surface area contributed by atoms with Gasteiger partial charge in [-0.1, -0.05) is 26.0 Å². The predicted molar refractivity (Wildman–Crippen MR) is 68.4 cm³/mol. The average Bonchev–Trinajstić information content (AvgIpc) is 2.22. The third kappa shape index (κ3) is 2.45. The van der Waals surface area contributed by atoms with Crippen LogP contribution < -0.4 is 5.73 Å². The first-order valence-electron chi connectivity index (χ1n) is 5.75. The zero-order valence-corrected chi connectivity index (χ0v) is 11.0. The van der Waals surface area contributed by atoms with E-state index in [2.05, 4.69) is 26.0 Å². The van der Waals surface area contributed by atoms with Crippen LogP contribution in [0.3, 0.4) is 0 Å². The van der Waals surface area contributed by atoms with E-state index in [1.165, 1.54) is 11.1 Å². The minimum absolute atomic E-state index is 0.285. The lowest BCUT2D eigenvalue weighted by Gasteiger charge is -2.30. The van der Waals surface area contributed by atoms with Gasteiger partial charge in [-0.3, -0.25) is 0 Å². The molecule has 0 fully saturated rings. The van der Waals surface area contributed by atoms with Crippen molar-refractivity contribution in [3.63, 3.8) is 0 Å². The van der Waals surface area contributed by atoms with E-state index in [9.17, 15) is 5.11 Å². The zero-order chi connectivity index (χ0) is 12.5. The molecular formula is C14H23NO. The molecule has 90 valence electrons. The van der Waals surface area contributed by atoms with Gasteiger partial charge >= 0.3 is 0 Å². The molecule has 0 bridgehead atoms. The Hall–Kier alpha value is -0.860. The molecule has 1 aromatic carbocycles. The van der Waals surface area contributed by atoms with E-state index in [0.717, 1.165) is 11.1 Å². The molecule has 1 atom stereocenters. The Morgan fingerprint density at radius 3 is 2.12 bits per heavy atom. The summed E-state index contributed by atoms with van der Waals surface area (Å²) in [4.78, 5) is 0. The Bertz CT molecular complexity index is 383. The molecule has 1 rings (SSSR count). The number of nitrogens with two attached hydrogens (primary N) is 1. The molecule has 0 spiro atoms. The van der Waals surface area contributed by atoms with E-state index < -0.39 is 6.10 Å². The number of hydrogen-bond donors (Lipinski definition) is 2. The summed E-state index contributed by atoms with van der Waals surface area (Å²) in [6.07, 6.45) is -0.503. The zero-order valence-electron chi connectivity index (χ0n) is 11.0. The first kappa shape index (κ1) is 13.2. The lowest BCUT2D eigenvalue weighted by Crippen LogP contribution is -2.31. The van der Waals surface area contributed by atoms with Crippen molar-refractivity contribution < 1.29 is 5.11 Å². The van der Waals surface area contributed by atoms with Crippen LogP contribution in [0, 0.1) is 26.2 Å². The van der Waals surface area contributed by atoms with E-state index in [0.29, 0.717) is 6.54 Å². The summed E-state index contributed by atoms with van der Waals surface area (Å²) in [5.41, 5.74) is 10.0. The Morgan fingerprint density at radius 2 is 1.62 bits per heavy atom. The highest BCUT2D eigenvalue weighted by Gasteiger charge is 2.28. The summed E-state index contributed by atoms with van der Waals surface area (Å²) in [5, 5.41) is 10.4. The molecule has 3 N–H and O–H groups in total. The molecule has 0 saturated carbocycles. The van der Waals surface area contributed by atoms with Crippen LogP contribution in [0.1, 0.15) is 42.2 Å². The average molecular weight is 221 g/mol. The van der Waals surface area contributed by atoms with E-state index in [1.807, 2.05) is 20.8 Å². The van der Waals surface area contributed by atoms with E-state index in [1.54, 1.807) is 0 Å². The molecule has 1 aromatic rings. The van der Waals surface area contributed by atoms with E-state index in [-0.39, 0.29) is 5.41 Å². The molecule has 0 aromatic heterocycles. The maximum absolute atomic E-state index is 10.4. The van der Waals surface area contributed by atoms with Crippen molar-refractivity contribution in [2.75, 3.05) is 6.54 Å². The highest BCUT2D eigenvalue weighted by molar-refractivity contribution is 5.38. The van der Waals surface area contributed by atoms with Gasteiger partial charge in [0.1, 0.15) is 0 Å². The first-order valence-corrected chi connectivity index (χ1v) is 5.75. The molecule has 0 aliphatic heterocycles. The fourth-order valence-electron chi connectivity index (χ4n) is 1.81. The Morgan fingerprint density at radius 1 is 1.12 bits per heavy atom. The van der Waals surface area contributed by atoms with Crippen molar-refractivity contribution >= 4 is 0 Å². The molecule has 2 nitrogen and oxygen atoms in total. The van der Waals surface area contributed by atoms with Crippen LogP contribution >= 0.6 is 0 Å². The number of aliphatic hydroxyl groups excluding tert-OH is 1. The SMILES string of the molecule is Cc1cc(C)c(C(O)C(C)(C)CN)cc1C. The Balaban J connectivity index is 3.19. The predicted octanol–water partition coefficient (Wildman–Crippen LogP) is 2.63. The maximum atomic E-state index is 10.4. The standard InChI is InChI=1S/C14H23NO/c1-9-6-11(3)12(7-10(9)2)13(16)14(4,5)8-15/h6-7,13,16H,8,15H2,1-5H3. The van der Waals surface area contributed by atoms with Gasteiger partial charge in [0.25, 0.3) is 0 Å². The topological polar surface area (TPSA) is 46.2 Å². The largest absolute Gasteiger partial charge is 0.388 e. The lowest BCUT2D eigenvalue weighted by molar-refractivity contribution is 0.0549. The van der Waals surface area contributed by atoms with Crippen molar-refractivity contribution in [2.45, 2.75) is 40.7 Å². The number of rotatable bonds is 3. The quantitative estimate of drug-likeness (QED) is 0.824.